The highest BCUT2D eigenvalue weighted by molar-refractivity contribution is 7.87. The number of aromatic hydroxyl groups is 2. The summed E-state index contributed by atoms with van der Waals surface area (Å²) in [5, 5.41) is 19.9. The molecule has 3 aromatic rings. The lowest BCUT2D eigenvalue weighted by molar-refractivity contribution is 0.455. The second-order valence-corrected chi connectivity index (χ2v) is 9.33. The van der Waals surface area contributed by atoms with E-state index in [0.717, 1.165) is 18.2 Å². The van der Waals surface area contributed by atoms with Crippen molar-refractivity contribution in [3.63, 3.8) is 0 Å². The van der Waals surface area contributed by atoms with E-state index in [1.165, 1.54) is 36.4 Å². The van der Waals surface area contributed by atoms with Gasteiger partial charge in [-0.05, 0) is 48.0 Å². The van der Waals surface area contributed by atoms with E-state index >= 15 is 0 Å². The van der Waals surface area contributed by atoms with Crippen LogP contribution < -0.4 is 0 Å². The molecule has 0 aliphatic rings. The van der Waals surface area contributed by atoms with Gasteiger partial charge in [-0.25, -0.2) is 0 Å². The summed E-state index contributed by atoms with van der Waals surface area (Å²) in [6, 6.07) is 11.4. The van der Waals surface area contributed by atoms with Gasteiger partial charge in [-0.2, -0.15) is 8.42 Å². The van der Waals surface area contributed by atoms with Crippen LogP contribution >= 0.6 is 46.4 Å². The Kier molecular flexibility index (Phi) is 5.98. The minimum absolute atomic E-state index is 0.0547. The van der Waals surface area contributed by atoms with E-state index in [4.69, 9.17) is 46.4 Å². The fraction of sp³-hybridized carbons (Fsp3) is 0.0526. The van der Waals surface area contributed by atoms with E-state index in [1.54, 1.807) is 0 Å². The lowest BCUT2D eigenvalue weighted by Crippen LogP contribution is -2.38. The van der Waals surface area contributed by atoms with Gasteiger partial charge in [-0.15, -0.1) is 0 Å². The molecule has 29 heavy (non-hydrogen) atoms. The number of phenolic OH excluding ortho intramolecular Hbond substituents is 2. The third-order valence-corrected chi connectivity index (χ3v) is 6.99. The molecule has 3 aromatic carbocycles. The van der Waals surface area contributed by atoms with Gasteiger partial charge in [-0.1, -0.05) is 58.5 Å². The van der Waals surface area contributed by atoms with Crippen LogP contribution in [0.3, 0.4) is 0 Å². The third-order valence-electron chi connectivity index (χ3n) is 4.36. The van der Waals surface area contributed by atoms with E-state index < -0.39 is 20.6 Å². The molecular formula is C19H12Cl4O5S. The summed E-state index contributed by atoms with van der Waals surface area (Å²) in [6.45, 7) is 0. The Morgan fingerprint density at radius 2 is 1.41 bits per heavy atom. The lowest BCUT2D eigenvalue weighted by atomic mass is 9.83. The van der Waals surface area contributed by atoms with Crippen molar-refractivity contribution in [1.29, 1.82) is 0 Å². The summed E-state index contributed by atoms with van der Waals surface area (Å²) in [4.78, 5) is 0. The first-order valence-corrected chi connectivity index (χ1v) is 10.8. The monoisotopic (exact) mass is 492 g/mol. The molecule has 0 saturated carbocycles. The SMILES string of the molecule is O=S(=O)(O)C(c1cccc(O)c1)(c1cc(Cl)ccc1Cl)c1cc(O)c(Cl)cc1Cl. The zero-order valence-electron chi connectivity index (χ0n) is 14.3. The number of benzene rings is 3. The predicted molar refractivity (Wildman–Crippen MR) is 114 cm³/mol. The van der Waals surface area contributed by atoms with E-state index in [2.05, 4.69) is 0 Å². The number of halogens is 4. The van der Waals surface area contributed by atoms with Crippen LogP contribution in [0.25, 0.3) is 0 Å². The Morgan fingerprint density at radius 1 is 0.759 bits per heavy atom. The van der Waals surface area contributed by atoms with Gasteiger partial charge in [-0.3, -0.25) is 4.55 Å². The fourth-order valence-corrected chi connectivity index (χ4v) is 5.57. The smallest absolute Gasteiger partial charge is 0.283 e. The molecule has 0 saturated heterocycles. The van der Waals surface area contributed by atoms with Crippen LogP contribution in [-0.2, 0) is 14.9 Å². The molecule has 0 amide bonds. The summed E-state index contributed by atoms with van der Waals surface area (Å²) in [5.74, 6) is -0.750. The van der Waals surface area contributed by atoms with Crippen molar-refractivity contribution in [2.75, 3.05) is 0 Å². The zero-order valence-corrected chi connectivity index (χ0v) is 18.1. The molecule has 3 N–H and O–H groups in total. The number of hydrogen-bond donors (Lipinski definition) is 3. The Labute approximate surface area is 186 Å². The summed E-state index contributed by atoms with van der Waals surface area (Å²) < 4.78 is 34.0. The van der Waals surface area contributed by atoms with Gasteiger partial charge in [0, 0.05) is 26.2 Å². The maximum absolute atomic E-state index is 13.0. The topological polar surface area (TPSA) is 94.8 Å². The van der Waals surface area contributed by atoms with Crippen LogP contribution in [0.1, 0.15) is 16.7 Å². The normalized spacial score (nSPS) is 13.8. The lowest BCUT2D eigenvalue weighted by Gasteiger charge is -2.34. The Bertz CT molecular complexity index is 1210. The van der Waals surface area contributed by atoms with Crippen molar-refractivity contribution in [2.45, 2.75) is 4.75 Å². The van der Waals surface area contributed by atoms with Crippen LogP contribution in [-0.4, -0.2) is 23.2 Å². The molecular weight excluding hydrogens is 482 g/mol. The van der Waals surface area contributed by atoms with Crippen LogP contribution in [0.2, 0.25) is 20.1 Å². The average Bonchev–Trinajstić information content (AvgIpc) is 2.61. The minimum atomic E-state index is -5.09. The minimum Gasteiger partial charge on any atom is -0.508 e. The standard InChI is InChI=1S/C19H12Cl4O5S/c20-11-4-5-15(21)13(7-11)19(29(26,27)28,10-2-1-3-12(24)6-10)14-8-18(25)17(23)9-16(14)22/h1-9,24-25H,(H,26,27,28). The largest absolute Gasteiger partial charge is 0.508 e. The van der Waals surface area contributed by atoms with Crippen molar-refractivity contribution >= 4 is 56.5 Å². The number of phenols is 2. The molecule has 0 aliphatic carbocycles. The van der Waals surface area contributed by atoms with Crippen molar-refractivity contribution in [1.82, 2.24) is 0 Å². The summed E-state index contributed by atoms with van der Waals surface area (Å²) in [5.41, 5.74) is -0.463. The fourth-order valence-electron chi connectivity index (χ4n) is 3.18. The molecule has 3 rings (SSSR count). The van der Waals surface area contributed by atoms with E-state index in [9.17, 15) is 23.2 Å². The van der Waals surface area contributed by atoms with E-state index in [1.807, 2.05) is 0 Å². The average molecular weight is 494 g/mol. The van der Waals surface area contributed by atoms with Crippen molar-refractivity contribution in [3.8, 4) is 11.5 Å². The maximum Gasteiger partial charge on any atom is 0.283 e. The highest BCUT2D eigenvalue weighted by atomic mass is 35.5. The zero-order chi connectivity index (χ0) is 21.6. The highest BCUT2D eigenvalue weighted by Crippen LogP contribution is 2.51. The molecule has 152 valence electrons. The van der Waals surface area contributed by atoms with E-state index in [0.29, 0.717) is 0 Å². The van der Waals surface area contributed by atoms with Gasteiger partial charge in [0.05, 0.1) is 5.02 Å². The molecule has 0 fully saturated rings. The van der Waals surface area contributed by atoms with Gasteiger partial charge in [0.1, 0.15) is 11.5 Å². The molecule has 10 heteroatoms. The van der Waals surface area contributed by atoms with Crippen molar-refractivity contribution < 1.29 is 23.2 Å². The Morgan fingerprint density at radius 3 is 2.03 bits per heavy atom. The van der Waals surface area contributed by atoms with Gasteiger partial charge >= 0.3 is 0 Å². The quantitative estimate of drug-likeness (QED) is 0.311. The number of hydrogen-bond acceptors (Lipinski definition) is 4. The van der Waals surface area contributed by atoms with E-state index in [-0.39, 0.29) is 42.5 Å². The van der Waals surface area contributed by atoms with Gasteiger partial charge < -0.3 is 10.2 Å². The van der Waals surface area contributed by atoms with Crippen molar-refractivity contribution in [3.05, 3.63) is 91.4 Å². The maximum atomic E-state index is 13.0. The molecule has 0 aromatic heterocycles. The second kappa shape index (κ2) is 7.87. The van der Waals surface area contributed by atoms with Gasteiger partial charge in [0.25, 0.3) is 10.1 Å². The molecule has 0 heterocycles. The molecule has 0 bridgehead atoms. The number of rotatable bonds is 4. The summed E-state index contributed by atoms with van der Waals surface area (Å²) in [6.07, 6.45) is 0. The second-order valence-electron chi connectivity index (χ2n) is 6.11. The first-order valence-electron chi connectivity index (χ1n) is 7.89. The van der Waals surface area contributed by atoms with Crippen LogP contribution in [0.4, 0.5) is 0 Å². The van der Waals surface area contributed by atoms with Gasteiger partial charge in [0.15, 0.2) is 4.75 Å². The Balaban J connectivity index is 2.63. The molecule has 5 nitrogen and oxygen atoms in total. The first-order chi connectivity index (χ1) is 13.5. The highest BCUT2D eigenvalue weighted by Gasteiger charge is 2.51. The predicted octanol–water partition coefficient (Wildman–Crippen LogP) is 5.89. The Hall–Kier alpha value is -1.67. The molecule has 0 aliphatic heterocycles. The van der Waals surface area contributed by atoms with Gasteiger partial charge in [0.2, 0.25) is 0 Å². The summed E-state index contributed by atoms with van der Waals surface area (Å²) >= 11 is 24.6. The molecule has 0 spiro atoms. The van der Waals surface area contributed by atoms with Crippen molar-refractivity contribution in [2.24, 2.45) is 0 Å². The first kappa shape index (κ1) is 22.0. The third kappa shape index (κ3) is 3.77. The summed E-state index contributed by atoms with van der Waals surface area (Å²) in [7, 11) is -5.09. The molecule has 1 unspecified atom stereocenters. The van der Waals surface area contributed by atoms with Crippen LogP contribution in [0.15, 0.2) is 54.6 Å². The van der Waals surface area contributed by atoms with Crippen LogP contribution in [0, 0.1) is 0 Å². The van der Waals surface area contributed by atoms with Crippen LogP contribution in [0.5, 0.6) is 11.5 Å². The molecule has 0 radical (unpaired) electrons. The molecule has 1 atom stereocenters.